The Balaban J connectivity index is 2.25. The van der Waals surface area contributed by atoms with Gasteiger partial charge in [0.15, 0.2) is 5.57 Å². The lowest BCUT2D eigenvalue weighted by Crippen LogP contribution is -2.43. The Labute approximate surface area is 165 Å². The van der Waals surface area contributed by atoms with Crippen molar-refractivity contribution in [3.05, 3.63) is 38.4 Å². The fourth-order valence-corrected chi connectivity index (χ4v) is 2.70. The maximum Gasteiger partial charge on any atom is 0.313 e. The van der Waals surface area contributed by atoms with Gasteiger partial charge in [0.05, 0.1) is 9.95 Å². The second-order valence-electron chi connectivity index (χ2n) is 6.13. The Morgan fingerprint density at radius 1 is 1.43 bits per heavy atom. The third-order valence-electron chi connectivity index (χ3n) is 4.29. The molecule has 0 bridgehead atoms. The van der Waals surface area contributed by atoms with Gasteiger partial charge in [0.25, 0.3) is 5.91 Å². The minimum atomic E-state index is -0.917. The number of hydrogen-bond acceptors (Lipinski definition) is 7. The number of carbonyl (C=O) groups excluding carboxylic acids is 2. The number of phenolic OH excluding ortho intramolecular Hbond substituents is 1. The molecular weight excluding hydrogens is 392 g/mol. The third kappa shape index (κ3) is 4.32. The molecule has 0 radical (unpaired) electrons. The number of likely N-dealkylation sites (tertiary alicyclic amines) is 1. The Morgan fingerprint density at radius 3 is 2.57 bits per heavy atom. The number of nitro groups is 1. The molecule has 1 aromatic rings. The van der Waals surface area contributed by atoms with Crippen molar-refractivity contribution >= 4 is 34.9 Å². The highest BCUT2D eigenvalue weighted by atomic mass is 35.5. The average Bonchev–Trinajstić information content (AvgIpc) is 2.60. The minimum Gasteiger partial charge on any atom is -0.506 e. The van der Waals surface area contributed by atoms with Crippen LogP contribution < -0.4 is 0 Å². The fourth-order valence-electron chi connectivity index (χ4n) is 2.49. The number of aromatic hydroxyl groups is 1. The van der Waals surface area contributed by atoms with E-state index in [1.54, 1.807) is 11.0 Å². The predicted molar refractivity (Wildman–Crippen MR) is 98.4 cm³/mol. The van der Waals surface area contributed by atoms with Gasteiger partial charge >= 0.3 is 5.69 Å². The molecule has 1 fully saturated rings. The highest BCUT2D eigenvalue weighted by Gasteiger charge is 2.26. The molecule has 2 rings (SSSR count). The average molecular weight is 409 g/mol. The van der Waals surface area contributed by atoms with Crippen molar-refractivity contribution in [3.63, 3.8) is 0 Å². The molecule has 148 valence electrons. The van der Waals surface area contributed by atoms with Crippen molar-refractivity contribution in [2.75, 3.05) is 26.7 Å². The van der Waals surface area contributed by atoms with Crippen molar-refractivity contribution < 1.29 is 24.7 Å². The molecule has 0 spiro atoms. The Morgan fingerprint density at radius 2 is 2.07 bits per heavy atom. The number of amides is 2. The molecular formula is C17H17ClN4O6. The van der Waals surface area contributed by atoms with Gasteiger partial charge in [0.1, 0.15) is 11.8 Å². The van der Waals surface area contributed by atoms with Gasteiger partial charge in [0, 0.05) is 44.7 Å². The molecule has 0 aliphatic carbocycles. The van der Waals surface area contributed by atoms with Gasteiger partial charge in [-0.1, -0.05) is 11.6 Å². The molecule has 1 heterocycles. The number of aliphatic hydroxyl groups excluding tert-OH is 1. The van der Waals surface area contributed by atoms with Gasteiger partial charge in [-0.25, -0.2) is 0 Å². The number of benzene rings is 1. The number of nitro benzene ring substituents is 1. The van der Waals surface area contributed by atoms with E-state index in [1.807, 2.05) is 0 Å². The zero-order valence-corrected chi connectivity index (χ0v) is 15.6. The molecule has 11 heteroatoms. The first-order valence-corrected chi connectivity index (χ1v) is 8.59. The monoisotopic (exact) mass is 408 g/mol. The zero-order valence-electron chi connectivity index (χ0n) is 14.9. The summed E-state index contributed by atoms with van der Waals surface area (Å²) in [6.45, 7) is 1.39. The number of carbonyl (C=O) groups is 2. The van der Waals surface area contributed by atoms with Crippen LogP contribution in [0.15, 0.2) is 17.7 Å². The number of hydrogen-bond donors (Lipinski definition) is 2. The lowest BCUT2D eigenvalue weighted by atomic mass is 10.1. The number of rotatable bonds is 6. The molecule has 0 saturated carbocycles. The SMILES string of the molecule is CN(CCC(=O)N1CCC1)C(=O)/C(C#N)=C(\O)c1cc(Cl)c(O)c([N+](=O)[O-])c1. The van der Waals surface area contributed by atoms with E-state index in [0.717, 1.165) is 23.5 Å². The molecule has 0 unspecified atom stereocenters. The normalized spacial score (nSPS) is 13.8. The van der Waals surface area contributed by atoms with Crippen molar-refractivity contribution in [2.24, 2.45) is 0 Å². The van der Waals surface area contributed by atoms with Crippen LogP contribution in [0.2, 0.25) is 5.02 Å². The van der Waals surface area contributed by atoms with E-state index in [1.165, 1.54) is 7.05 Å². The smallest absolute Gasteiger partial charge is 0.313 e. The van der Waals surface area contributed by atoms with Crippen LogP contribution in [0.1, 0.15) is 18.4 Å². The number of halogens is 1. The van der Waals surface area contributed by atoms with Gasteiger partial charge in [-0.3, -0.25) is 19.7 Å². The highest BCUT2D eigenvalue weighted by molar-refractivity contribution is 6.32. The van der Waals surface area contributed by atoms with E-state index in [0.29, 0.717) is 13.1 Å². The molecule has 1 aliphatic rings. The summed E-state index contributed by atoms with van der Waals surface area (Å²) < 4.78 is 0. The number of nitriles is 1. The third-order valence-corrected chi connectivity index (χ3v) is 4.58. The minimum absolute atomic E-state index is 0.0309. The van der Waals surface area contributed by atoms with Gasteiger partial charge < -0.3 is 20.0 Å². The topological polar surface area (TPSA) is 148 Å². The molecule has 1 aliphatic heterocycles. The molecule has 10 nitrogen and oxygen atoms in total. The molecule has 28 heavy (non-hydrogen) atoms. The number of phenols is 1. The molecule has 1 aromatic carbocycles. The van der Waals surface area contributed by atoms with Gasteiger partial charge in [0.2, 0.25) is 11.7 Å². The molecule has 2 N–H and O–H groups in total. The second kappa shape index (κ2) is 8.58. The Bertz CT molecular complexity index is 904. The molecule has 1 saturated heterocycles. The fraction of sp³-hybridized carbons (Fsp3) is 0.353. The second-order valence-corrected chi connectivity index (χ2v) is 6.54. The molecule has 0 atom stereocenters. The van der Waals surface area contributed by atoms with Gasteiger partial charge in [-0.15, -0.1) is 0 Å². The quantitative estimate of drug-likeness (QED) is 0.240. The summed E-state index contributed by atoms with van der Waals surface area (Å²) in [6.07, 6.45) is 1.01. The van der Waals surface area contributed by atoms with Crippen molar-refractivity contribution in [1.29, 1.82) is 5.26 Å². The summed E-state index contributed by atoms with van der Waals surface area (Å²) in [7, 11) is 1.36. The lowest BCUT2D eigenvalue weighted by molar-refractivity contribution is -0.385. The summed E-state index contributed by atoms with van der Waals surface area (Å²) in [4.78, 5) is 37.2. The van der Waals surface area contributed by atoms with Crippen LogP contribution in [0.5, 0.6) is 5.75 Å². The Kier molecular flexibility index (Phi) is 6.43. The van der Waals surface area contributed by atoms with E-state index in [9.17, 15) is 35.2 Å². The van der Waals surface area contributed by atoms with Crippen LogP contribution in [0.4, 0.5) is 5.69 Å². The van der Waals surface area contributed by atoms with E-state index in [4.69, 9.17) is 11.6 Å². The van der Waals surface area contributed by atoms with Crippen LogP contribution >= 0.6 is 11.6 Å². The van der Waals surface area contributed by atoms with E-state index >= 15 is 0 Å². The maximum absolute atomic E-state index is 12.5. The Hall–Kier alpha value is -3.32. The van der Waals surface area contributed by atoms with Gasteiger partial charge in [-0.05, 0) is 12.5 Å². The van der Waals surface area contributed by atoms with Crippen LogP contribution in [-0.2, 0) is 9.59 Å². The first kappa shape index (κ1) is 21.0. The highest BCUT2D eigenvalue weighted by Crippen LogP contribution is 2.36. The van der Waals surface area contributed by atoms with E-state index in [-0.39, 0.29) is 24.4 Å². The van der Waals surface area contributed by atoms with Crippen LogP contribution in [0.25, 0.3) is 5.76 Å². The van der Waals surface area contributed by atoms with Crippen LogP contribution in [-0.4, -0.2) is 63.4 Å². The van der Waals surface area contributed by atoms with Crippen molar-refractivity contribution in [1.82, 2.24) is 9.80 Å². The van der Waals surface area contributed by atoms with Crippen LogP contribution in [0.3, 0.4) is 0 Å². The van der Waals surface area contributed by atoms with E-state index < -0.39 is 38.6 Å². The maximum atomic E-state index is 12.5. The number of nitrogens with zero attached hydrogens (tertiary/aromatic N) is 4. The number of likely N-dealkylation sites (N-methyl/N-ethyl adjacent to an activating group) is 1. The summed E-state index contributed by atoms with van der Waals surface area (Å²) in [6, 6.07) is 3.36. The van der Waals surface area contributed by atoms with Gasteiger partial charge in [-0.2, -0.15) is 5.26 Å². The number of aliphatic hydroxyl groups is 1. The predicted octanol–water partition coefficient (Wildman–Crippen LogP) is 1.83. The van der Waals surface area contributed by atoms with Crippen molar-refractivity contribution in [2.45, 2.75) is 12.8 Å². The molecule has 0 aromatic heterocycles. The standard InChI is InChI=1S/C17H17ClN4O6/c1-20(6-3-14(23)21-4-2-5-21)17(26)11(9-19)15(24)10-7-12(18)16(25)13(8-10)22(27)28/h7-8,24-25H,2-6H2,1H3/b15-11-. The summed E-state index contributed by atoms with van der Waals surface area (Å²) in [5.74, 6) is -2.59. The van der Waals surface area contributed by atoms with Crippen molar-refractivity contribution in [3.8, 4) is 11.8 Å². The van der Waals surface area contributed by atoms with E-state index in [2.05, 4.69) is 0 Å². The summed E-state index contributed by atoms with van der Waals surface area (Å²) >= 11 is 5.72. The molecule has 2 amide bonds. The zero-order chi connectivity index (χ0) is 21.0. The summed E-state index contributed by atoms with van der Waals surface area (Å²) in [5, 5.41) is 39.8. The largest absolute Gasteiger partial charge is 0.506 e. The lowest BCUT2D eigenvalue weighted by Gasteiger charge is -2.31. The first-order valence-electron chi connectivity index (χ1n) is 8.21. The first-order chi connectivity index (χ1) is 13.2. The van der Waals surface area contributed by atoms with Crippen LogP contribution in [0, 0.1) is 21.4 Å². The summed E-state index contributed by atoms with van der Waals surface area (Å²) in [5.41, 5.74) is -1.73.